The monoisotopic (exact) mass is 520 g/mol. The fraction of sp³-hybridized carbons (Fsp3) is 0.208. The van der Waals surface area contributed by atoms with Crippen LogP contribution in [0.3, 0.4) is 0 Å². The van der Waals surface area contributed by atoms with E-state index in [-0.39, 0.29) is 23.1 Å². The molecule has 0 aliphatic carbocycles. The molecule has 0 spiro atoms. The molecule has 2 aromatic heterocycles. The van der Waals surface area contributed by atoms with Gasteiger partial charge in [-0.25, -0.2) is 19.3 Å². The number of nitrogens with two attached hydrogens (primary N) is 1. The molecule has 12 nitrogen and oxygen atoms in total. The van der Waals surface area contributed by atoms with Gasteiger partial charge in [0.25, 0.3) is 11.8 Å². The number of carbonyl (C=O) groups excluding carboxylic acids is 2. The topological polar surface area (TPSA) is 164 Å². The second kappa shape index (κ2) is 9.85. The zero-order chi connectivity index (χ0) is 26.1. The minimum Gasteiger partial charge on any atom is -0.477 e. The molecule has 5 rings (SSSR count). The number of hydrogen-bond acceptors (Lipinski definition) is 9. The van der Waals surface area contributed by atoms with Crippen molar-refractivity contribution in [1.29, 1.82) is 0 Å². The number of fused-ring (bicyclic) bond motifs is 2. The number of carboxylic acids is 1. The summed E-state index contributed by atoms with van der Waals surface area (Å²) in [4.78, 5) is 52.2. The minimum atomic E-state index is -1.20. The summed E-state index contributed by atoms with van der Waals surface area (Å²) in [6.45, 7) is 0.310. The van der Waals surface area contributed by atoms with Crippen molar-refractivity contribution in [3.63, 3.8) is 0 Å². The molecule has 4 heterocycles. The zero-order valence-corrected chi connectivity index (χ0v) is 20.4. The standard InChI is InChI=1S/C24H21N7O5S/c1-36-29-17(20-26-8-6-16(25)27-20)21(32)28-18-22(33)31-19(24(34)35)15(12-37-23(18)31)11-30-9-7-13-4-2-3-5-14(13)10-30/h2-10,18,23H,11-12H2,1H3,(H3-,25,26,27,28,32,34,35)/p+1/t18?,23-/m0/s1. The summed E-state index contributed by atoms with van der Waals surface area (Å²) in [6.07, 6.45) is 5.18. The number of anilines is 1. The summed E-state index contributed by atoms with van der Waals surface area (Å²) in [5.74, 6) is -2.05. The number of nitrogen functional groups attached to an aromatic ring is 1. The largest absolute Gasteiger partial charge is 0.477 e. The number of nitrogens with one attached hydrogen (secondary N) is 1. The number of carbonyl (C=O) groups is 3. The Morgan fingerprint density at radius 1 is 1.30 bits per heavy atom. The van der Waals surface area contributed by atoms with Crippen molar-refractivity contribution in [2.24, 2.45) is 5.16 Å². The maximum absolute atomic E-state index is 13.1. The van der Waals surface area contributed by atoms with Gasteiger partial charge in [0.15, 0.2) is 24.8 Å². The third-order valence-electron chi connectivity index (χ3n) is 5.94. The van der Waals surface area contributed by atoms with Crippen molar-refractivity contribution in [1.82, 2.24) is 20.2 Å². The highest BCUT2D eigenvalue weighted by Crippen LogP contribution is 2.40. The Bertz CT molecular complexity index is 1490. The lowest BCUT2D eigenvalue weighted by molar-refractivity contribution is -0.687. The molecule has 0 radical (unpaired) electrons. The van der Waals surface area contributed by atoms with E-state index >= 15 is 0 Å². The summed E-state index contributed by atoms with van der Waals surface area (Å²) in [5, 5.41) is 17.8. The number of carboxylic acid groups (broad SMARTS) is 1. The van der Waals surface area contributed by atoms with Crippen LogP contribution in [-0.2, 0) is 25.8 Å². The first-order chi connectivity index (χ1) is 17.9. The summed E-state index contributed by atoms with van der Waals surface area (Å²) in [7, 11) is 1.26. The quantitative estimate of drug-likeness (QED) is 0.172. The van der Waals surface area contributed by atoms with Crippen molar-refractivity contribution in [3.05, 3.63) is 72.1 Å². The predicted octanol–water partition coefficient (Wildman–Crippen LogP) is 0.289. The number of aromatic nitrogens is 3. The Hall–Kier alpha value is -4.52. The average molecular weight is 521 g/mol. The zero-order valence-electron chi connectivity index (χ0n) is 19.6. The van der Waals surface area contributed by atoms with Gasteiger partial charge in [-0.05, 0) is 17.5 Å². The van der Waals surface area contributed by atoms with Gasteiger partial charge in [-0.2, -0.15) is 0 Å². The van der Waals surface area contributed by atoms with E-state index in [4.69, 9.17) is 10.6 Å². The van der Waals surface area contributed by atoms with Gasteiger partial charge >= 0.3 is 5.97 Å². The van der Waals surface area contributed by atoms with Crippen LogP contribution in [-0.4, -0.2) is 67.7 Å². The van der Waals surface area contributed by atoms with Gasteiger partial charge in [-0.1, -0.05) is 23.4 Å². The maximum Gasteiger partial charge on any atom is 0.352 e. The molecule has 1 saturated heterocycles. The molecule has 2 aliphatic rings. The smallest absolute Gasteiger partial charge is 0.352 e. The van der Waals surface area contributed by atoms with Crippen molar-refractivity contribution < 1.29 is 28.9 Å². The van der Waals surface area contributed by atoms with Gasteiger partial charge in [0.2, 0.25) is 5.71 Å². The number of amides is 2. The molecule has 3 aromatic rings. The summed E-state index contributed by atoms with van der Waals surface area (Å²) in [6, 6.07) is 10.3. The Balaban J connectivity index is 1.36. The van der Waals surface area contributed by atoms with E-state index in [1.165, 1.54) is 36.0 Å². The molecule has 4 N–H and O–H groups in total. The van der Waals surface area contributed by atoms with Crippen molar-refractivity contribution >= 4 is 51.8 Å². The first-order valence-corrected chi connectivity index (χ1v) is 12.2. The Kier molecular flexibility index (Phi) is 6.44. The van der Waals surface area contributed by atoms with E-state index in [9.17, 15) is 19.5 Å². The number of β-lactam (4-membered cyclic amide) rings is 1. The minimum absolute atomic E-state index is 0.0649. The molecule has 13 heteroatoms. The lowest BCUT2D eigenvalue weighted by atomic mass is 10.0. The van der Waals surface area contributed by atoms with Gasteiger partial charge in [-0.15, -0.1) is 11.8 Å². The third-order valence-corrected chi connectivity index (χ3v) is 7.28. The van der Waals surface area contributed by atoms with Gasteiger partial charge in [0.1, 0.15) is 30.0 Å². The van der Waals surface area contributed by atoms with Crippen LogP contribution >= 0.6 is 11.8 Å². The average Bonchev–Trinajstić information content (AvgIpc) is 2.89. The number of aliphatic carboxylic acids is 1. The van der Waals surface area contributed by atoms with E-state index in [1.54, 1.807) is 0 Å². The molecule has 1 fully saturated rings. The van der Waals surface area contributed by atoms with Crippen LogP contribution in [0, 0.1) is 0 Å². The molecule has 0 saturated carbocycles. The van der Waals surface area contributed by atoms with Crippen LogP contribution in [0.1, 0.15) is 5.82 Å². The van der Waals surface area contributed by atoms with Crippen molar-refractivity contribution in [3.8, 4) is 0 Å². The molecule has 188 valence electrons. The van der Waals surface area contributed by atoms with Gasteiger partial charge in [-0.3, -0.25) is 14.5 Å². The van der Waals surface area contributed by atoms with Crippen LogP contribution in [0.15, 0.2) is 71.4 Å². The molecular weight excluding hydrogens is 498 g/mol. The maximum atomic E-state index is 13.1. The highest BCUT2D eigenvalue weighted by atomic mass is 32.2. The Morgan fingerprint density at radius 3 is 2.81 bits per heavy atom. The van der Waals surface area contributed by atoms with Crippen LogP contribution in [0.5, 0.6) is 0 Å². The molecule has 1 aromatic carbocycles. The molecule has 2 amide bonds. The fourth-order valence-corrected chi connectivity index (χ4v) is 5.61. The SMILES string of the molecule is CON=C(C(=O)NC1C(=O)N2C(C(=O)O)=C(C[n+]3ccc4ccccc4c3)CS[C@@H]12)c1nccc(N)n1. The molecule has 2 aliphatic heterocycles. The van der Waals surface area contributed by atoms with Gasteiger partial charge in [0, 0.05) is 29.0 Å². The van der Waals surface area contributed by atoms with Crippen LogP contribution in [0.2, 0.25) is 0 Å². The second-order valence-corrected chi connectivity index (χ2v) is 9.40. The van der Waals surface area contributed by atoms with Crippen molar-refractivity contribution in [2.45, 2.75) is 18.0 Å². The predicted molar refractivity (Wildman–Crippen MR) is 134 cm³/mol. The molecule has 0 bridgehead atoms. The van der Waals surface area contributed by atoms with Gasteiger partial charge in [0.05, 0.1) is 0 Å². The van der Waals surface area contributed by atoms with E-state index < -0.39 is 29.2 Å². The van der Waals surface area contributed by atoms with Crippen LogP contribution < -0.4 is 15.6 Å². The molecule has 1 unspecified atom stereocenters. The highest BCUT2D eigenvalue weighted by molar-refractivity contribution is 8.00. The highest BCUT2D eigenvalue weighted by Gasteiger charge is 2.54. The number of rotatable bonds is 7. The molecule has 37 heavy (non-hydrogen) atoms. The first kappa shape index (κ1) is 24.2. The Morgan fingerprint density at radius 2 is 2.08 bits per heavy atom. The molecular formula is C24H22N7O5S+. The summed E-state index contributed by atoms with van der Waals surface area (Å²) >= 11 is 1.38. The summed E-state index contributed by atoms with van der Waals surface area (Å²) in [5.41, 5.74) is 5.95. The molecule has 2 atom stereocenters. The number of benzene rings is 1. The van der Waals surface area contributed by atoms with Gasteiger partial charge < -0.3 is 21.0 Å². The van der Waals surface area contributed by atoms with Crippen LogP contribution in [0.4, 0.5) is 5.82 Å². The summed E-state index contributed by atoms with van der Waals surface area (Å²) < 4.78 is 1.89. The second-order valence-electron chi connectivity index (χ2n) is 8.29. The number of pyridine rings is 1. The Labute approximate surface area is 214 Å². The lowest BCUT2D eigenvalue weighted by Gasteiger charge is -2.49. The van der Waals surface area contributed by atoms with E-state index in [0.717, 1.165) is 10.8 Å². The first-order valence-electron chi connectivity index (χ1n) is 11.2. The van der Waals surface area contributed by atoms with E-state index in [0.29, 0.717) is 17.9 Å². The fourth-order valence-electron chi connectivity index (χ4n) is 4.27. The number of oxime groups is 1. The van der Waals surface area contributed by atoms with Crippen LogP contribution in [0.25, 0.3) is 10.8 Å². The van der Waals surface area contributed by atoms with Crippen molar-refractivity contribution in [2.75, 3.05) is 18.6 Å². The number of hydrogen-bond donors (Lipinski definition) is 3. The normalized spacial score (nSPS) is 19.3. The lowest BCUT2D eigenvalue weighted by Crippen LogP contribution is -2.71. The third kappa shape index (κ3) is 4.56. The van der Waals surface area contributed by atoms with E-state index in [1.807, 2.05) is 47.3 Å². The van der Waals surface area contributed by atoms with E-state index in [2.05, 4.69) is 20.4 Å². The number of thioether (sulfide) groups is 1. The number of nitrogens with zero attached hydrogens (tertiary/aromatic N) is 5.